The smallest absolute Gasteiger partial charge is 0.319 e. The fourth-order valence-corrected chi connectivity index (χ4v) is 1.65. The Balaban J connectivity index is 2.52. The van der Waals surface area contributed by atoms with Crippen molar-refractivity contribution in [2.45, 2.75) is 32.4 Å². The topological polar surface area (TPSA) is 56.4 Å². The predicted molar refractivity (Wildman–Crippen MR) is 88.7 cm³/mol. The Kier molecular flexibility index (Phi) is 6.18. The number of likely N-dealkylation sites (N-methyl/N-ethyl adjacent to an activating group) is 1. The van der Waals surface area contributed by atoms with Gasteiger partial charge in [-0.2, -0.15) is 0 Å². The fourth-order valence-electron chi connectivity index (χ4n) is 1.65. The van der Waals surface area contributed by atoms with Gasteiger partial charge in [0.05, 0.1) is 0 Å². The van der Waals surface area contributed by atoms with Crippen molar-refractivity contribution in [3.8, 4) is 0 Å². The summed E-state index contributed by atoms with van der Waals surface area (Å²) in [7, 11) is 5.93. The van der Waals surface area contributed by atoms with E-state index < -0.39 is 0 Å². The van der Waals surface area contributed by atoms with E-state index in [2.05, 4.69) is 41.6 Å². The third-order valence-corrected chi connectivity index (χ3v) is 3.99. The lowest BCUT2D eigenvalue weighted by Crippen LogP contribution is -2.49. The van der Waals surface area contributed by atoms with Crippen LogP contribution in [0.25, 0.3) is 0 Å². The molecule has 3 N–H and O–H groups in total. The number of amides is 2. The molecule has 0 spiro atoms. The van der Waals surface area contributed by atoms with Gasteiger partial charge in [-0.25, -0.2) is 4.79 Å². The summed E-state index contributed by atoms with van der Waals surface area (Å²) in [6, 6.07) is 7.98. The number of carbonyl (C=O) groups excluding carboxylic acids is 1. The summed E-state index contributed by atoms with van der Waals surface area (Å²) in [5.41, 5.74) is 1.91. The van der Waals surface area contributed by atoms with Crippen LogP contribution in [-0.4, -0.2) is 44.2 Å². The lowest BCUT2D eigenvalue weighted by atomic mass is 10.0. The van der Waals surface area contributed by atoms with Crippen LogP contribution >= 0.6 is 0 Å². The molecule has 2 amide bonds. The molecule has 5 nitrogen and oxygen atoms in total. The number of anilines is 1. The number of hydrogen-bond acceptors (Lipinski definition) is 3. The van der Waals surface area contributed by atoms with Gasteiger partial charge in [0.15, 0.2) is 0 Å². The molecule has 21 heavy (non-hydrogen) atoms. The average Bonchev–Trinajstić information content (AvgIpc) is 2.45. The van der Waals surface area contributed by atoms with E-state index in [1.807, 2.05) is 45.4 Å². The summed E-state index contributed by atoms with van der Waals surface area (Å²) in [5, 5.41) is 8.93. The summed E-state index contributed by atoms with van der Waals surface area (Å²) in [4.78, 5) is 14.0. The molecular weight excluding hydrogens is 264 g/mol. The standard InChI is InChI=1S/C16H28N4O/c1-12(17-4)13-7-9-14(10-8-13)19-15(21)18-11-16(2,3)20(5)6/h7-10,12,17H,11H2,1-6H3,(H2,18,19,21). The van der Waals surface area contributed by atoms with Gasteiger partial charge in [-0.1, -0.05) is 12.1 Å². The van der Waals surface area contributed by atoms with Crippen molar-refractivity contribution < 1.29 is 4.79 Å². The van der Waals surface area contributed by atoms with Crippen molar-refractivity contribution in [3.05, 3.63) is 29.8 Å². The van der Waals surface area contributed by atoms with Crippen LogP contribution in [0, 0.1) is 0 Å². The molecule has 0 saturated carbocycles. The van der Waals surface area contributed by atoms with E-state index in [4.69, 9.17) is 0 Å². The van der Waals surface area contributed by atoms with Gasteiger partial charge in [-0.3, -0.25) is 0 Å². The van der Waals surface area contributed by atoms with Crippen molar-refractivity contribution in [2.24, 2.45) is 0 Å². The molecule has 5 heteroatoms. The zero-order chi connectivity index (χ0) is 16.0. The lowest BCUT2D eigenvalue weighted by Gasteiger charge is -2.32. The molecule has 0 radical (unpaired) electrons. The van der Waals surface area contributed by atoms with E-state index in [9.17, 15) is 4.79 Å². The molecule has 0 saturated heterocycles. The monoisotopic (exact) mass is 292 g/mol. The van der Waals surface area contributed by atoms with Crippen LogP contribution in [0.1, 0.15) is 32.4 Å². The number of nitrogens with one attached hydrogen (secondary N) is 3. The summed E-state index contributed by atoms with van der Waals surface area (Å²) in [6.45, 7) is 6.85. The minimum Gasteiger partial charge on any atom is -0.336 e. The van der Waals surface area contributed by atoms with E-state index in [1.54, 1.807) is 0 Å². The van der Waals surface area contributed by atoms with Gasteiger partial charge in [0.25, 0.3) is 0 Å². The van der Waals surface area contributed by atoms with Crippen LogP contribution in [0.3, 0.4) is 0 Å². The number of hydrogen-bond donors (Lipinski definition) is 3. The molecule has 1 unspecified atom stereocenters. The summed E-state index contributed by atoms with van der Waals surface area (Å²) in [5.74, 6) is 0. The highest BCUT2D eigenvalue weighted by Gasteiger charge is 2.20. The molecule has 1 rings (SSSR count). The molecule has 0 aliphatic rings. The highest BCUT2D eigenvalue weighted by molar-refractivity contribution is 5.89. The Morgan fingerprint density at radius 3 is 2.29 bits per heavy atom. The van der Waals surface area contributed by atoms with Gasteiger partial charge in [0, 0.05) is 23.8 Å². The second kappa shape index (κ2) is 7.43. The maximum Gasteiger partial charge on any atom is 0.319 e. The molecule has 0 bridgehead atoms. The fraction of sp³-hybridized carbons (Fsp3) is 0.562. The van der Waals surface area contributed by atoms with Crippen LogP contribution in [0.4, 0.5) is 10.5 Å². The van der Waals surface area contributed by atoms with E-state index in [1.165, 1.54) is 5.56 Å². The summed E-state index contributed by atoms with van der Waals surface area (Å²) >= 11 is 0. The van der Waals surface area contributed by atoms with Crippen molar-refractivity contribution in [1.82, 2.24) is 15.5 Å². The Hall–Kier alpha value is -1.59. The molecular formula is C16H28N4O. The molecule has 0 aromatic heterocycles. The normalized spacial score (nSPS) is 13.1. The largest absolute Gasteiger partial charge is 0.336 e. The second-order valence-electron chi connectivity index (χ2n) is 6.15. The van der Waals surface area contributed by atoms with Gasteiger partial charge in [-0.05, 0) is 59.6 Å². The van der Waals surface area contributed by atoms with E-state index >= 15 is 0 Å². The van der Waals surface area contributed by atoms with Crippen LogP contribution < -0.4 is 16.0 Å². The summed E-state index contributed by atoms with van der Waals surface area (Å²) in [6.07, 6.45) is 0. The molecule has 0 fully saturated rings. The van der Waals surface area contributed by atoms with Crippen LogP contribution in [0.2, 0.25) is 0 Å². The SMILES string of the molecule is CNC(C)c1ccc(NC(=O)NCC(C)(C)N(C)C)cc1. The maximum atomic E-state index is 11.9. The zero-order valence-electron chi connectivity index (χ0n) is 13.9. The Labute approximate surface area is 128 Å². The third kappa shape index (κ3) is 5.36. The van der Waals surface area contributed by atoms with Crippen LogP contribution in [0.15, 0.2) is 24.3 Å². The van der Waals surface area contributed by atoms with Crippen LogP contribution in [0.5, 0.6) is 0 Å². The molecule has 1 atom stereocenters. The van der Waals surface area contributed by atoms with Crippen molar-refractivity contribution in [2.75, 3.05) is 33.0 Å². The molecule has 0 aliphatic heterocycles. The summed E-state index contributed by atoms with van der Waals surface area (Å²) < 4.78 is 0. The van der Waals surface area contributed by atoms with Gasteiger partial charge >= 0.3 is 6.03 Å². The first-order chi connectivity index (χ1) is 9.76. The number of nitrogens with zero attached hydrogens (tertiary/aromatic N) is 1. The minimum atomic E-state index is -0.181. The van der Waals surface area contributed by atoms with Gasteiger partial charge in [-0.15, -0.1) is 0 Å². The van der Waals surface area contributed by atoms with Gasteiger partial charge < -0.3 is 20.9 Å². The van der Waals surface area contributed by atoms with Crippen molar-refractivity contribution in [3.63, 3.8) is 0 Å². The van der Waals surface area contributed by atoms with Crippen molar-refractivity contribution >= 4 is 11.7 Å². The molecule has 1 aromatic carbocycles. The average molecular weight is 292 g/mol. The lowest BCUT2D eigenvalue weighted by molar-refractivity contribution is 0.189. The predicted octanol–water partition coefficient (Wildman–Crippen LogP) is 2.43. The quantitative estimate of drug-likeness (QED) is 0.755. The minimum absolute atomic E-state index is 0.0799. The number of benzene rings is 1. The highest BCUT2D eigenvalue weighted by atomic mass is 16.2. The first kappa shape index (κ1) is 17.5. The third-order valence-electron chi connectivity index (χ3n) is 3.99. The Morgan fingerprint density at radius 2 is 1.81 bits per heavy atom. The van der Waals surface area contributed by atoms with Crippen molar-refractivity contribution in [1.29, 1.82) is 0 Å². The first-order valence-electron chi connectivity index (χ1n) is 7.26. The van der Waals surface area contributed by atoms with E-state index in [-0.39, 0.29) is 11.6 Å². The maximum absolute atomic E-state index is 11.9. The Bertz CT molecular complexity index is 454. The first-order valence-corrected chi connectivity index (χ1v) is 7.26. The molecule has 1 aromatic rings. The number of carbonyl (C=O) groups is 1. The molecule has 0 heterocycles. The second-order valence-corrected chi connectivity index (χ2v) is 6.15. The highest BCUT2D eigenvalue weighted by Crippen LogP contribution is 2.15. The van der Waals surface area contributed by atoms with Gasteiger partial charge in [0.1, 0.15) is 0 Å². The number of urea groups is 1. The number of rotatable bonds is 6. The molecule has 0 aliphatic carbocycles. The zero-order valence-corrected chi connectivity index (χ0v) is 13.9. The molecule has 118 valence electrons. The van der Waals surface area contributed by atoms with E-state index in [0.29, 0.717) is 12.6 Å². The van der Waals surface area contributed by atoms with Crippen LogP contribution in [-0.2, 0) is 0 Å². The van der Waals surface area contributed by atoms with Gasteiger partial charge in [0.2, 0.25) is 0 Å². The Morgan fingerprint density at radius 1 is 1.24 bits per heavy atom. The van der Waals surface area contributed by atoms with E-state index in [0.717, 1.165) is 5.69 Å².